The van der Waals surface area contributed by atoms with Crippen molar-refractivity contribution < 1.29 is 19.5 Å². The zero-order valence-corrected chi connectivity index (χ0v) is 59.2. The number of aryl methyl sites for hydroxylation is 12. The Morgan fingerprint density at radius 1 is 0.112 bits per heavy atom. The van der Waals surface area contributed by atoms with Gasteiger partial charge in [-0.15, -0.1) is 0 Å². The van der Waals surface area contributed by atoms with Crippen molar-refractivity contribution in [2.45, 2.75) is 83.1 Å². The zero-order valence-electron chi connectivity index (χ0n) is 53.9. The summed E-state index contributed by atoms with van der Waals surface area (Å²) in [5.41, 5.74) is 15.7. The summed E-state index contributed by atoms with van der Waals surface area (Å²) in [5.74, 6) is 0. The second-order valence-corrected chi connectivity index (χ2v) is 32.2. The Labute approximate surface area is 551 Å². The third-order valence-corrected chi connectivity index (χ3v) is 25.3. The molecule has 12 rings (SSSR count). The van der Waals surface area contributed by atoms with Crippen LogP contribution in [0.4, 0.5) is 0 Å². The number of benzene rings is 12. The van der Waals surface area contributed by atoms with E-state index in [1.165, 1.54) is 130 Å². The zero-order chi connectivity index (χ0) is 62.1. The molecule has 0 saturated carbocycles. The van der Waals surface area contributed by atoms with E-state index in [0.717, 1.165) is 0 Å². The van der Waals surface area contributed by atoms with Crippen molar-refractivity contribution in [2.24, 2.45) is 0 Å². The molecule has 0 heterocycles. The molecule has 0 aliphatic rings. The Hall–Kier alpha value is -7.02. The molecule has 448 valence electrons. The predicted octanol–water partition coefficient (Wildman–Crippen LogP) is 17.5. The van der Waals surface area contributed by atoms with E-state index in [0.29, 0.717) is 0 Å². The molecule has 12 aromatic rings. The van der Waals surface area contributed by atoms with Crippen molar-refractivity contribution in [1.29, 1.82) is 0 Å². The van der Waals surface area contributed by atoms with Gasteiger partial charge in [0.05, 0.1) is 0 Å². The molecule has 12 aromatic carbocycles. The van der Waals surface area contributed by atoms with E-state index in [1.807, 2.05) is 0 Å². The standard InChI is InChI=1S/4C21H21P.Ru/c4*1-16-4-10-19(11-5-16)22(20-12-6-17(2)7-13-20)21-14-8-18(3)9-15-21;/h4*4-15H,1-3H3;. The third kappa shape index (κ3) is 19.5. The van der Waals surface area contributed by atoms with Gasteiger partial charge in [0.1, 0.15) is 0 Å². The van der Waals surface area contributed by atoms with Crippen LogP contribution in [0.2, 0.25) is 0 Å². The molecule has 0 amide bonds. The summed E-state index contributed by atoms with van der Waals surface area (Å²) in [6.45, 7) is 25.7. The first-order valence-electron chi connectivity index (χ1n) is 30.5. The Kier molecular flexibility index (Phi) is 25.3. The minimum Gasteiger partial charge on any atom is -0.0587 e. The van der Waals surface area contributed by atoms with Crippen LogP contribution < -0.4 is 63.7 Å². The van der Waals surface area contributed by atoms with Crippen molar-refractivity contribution in [3.8, 4) is 0 Å². The van der Waals surface area contributed by atoms with Gasteiger partial charge in [-0.1, -0.05) is 358 Å². The summed E-state index contributed by atoms with van der Waals surface area (Å²) in [4.78, 5) is 0. The second-order valence-electron chi connectivity index (χ2n) is 23.4. The minimum absolute atomic E-state index is 0. The quantitative estimate of drug-likeness (QED) is 0.0845. The maximum Gasteiger partial charge on any atom is 0 e. The van der Waals surface area contributed by atoms with E-state index >= 15 is 0 Å². The van der Waals surface area contributed by atoms with Crippen LogP contribution >= 0.6 is 31.7 Å². The Morgan fingerprint density at radius 3 is 0.225 bits per heavy atom. The molecule has 0 fully saturated rings. The number of hydrogen-bond acceptors (Lipinski definition) is 0. The van der Waals surface area contributed by atoms with E-state index in [-0.39, 0.29) is 19.5 Å². The van der Waals surface area contributed by atoms with Crippen LogP contribution in [0.1, 0.15) is 66.8 Å². The number of hydrogen-bond donors (Lipinski definition) is 0. The molecule has 0 N–H and O–H groups in total. The summed E-state index contributed by atoms with van der Waals surface area (Å²) >= 11 is 0. The molecular formula is C84H84P4Ru. The maximum absolute atomic E-state index is 2.28. The van der Waals surface area contributed by atoms with Crippen LogP contribution in [-0.2, 0) is 19.5 Å². The molecule has 0 spiro atoms. The van der Waals surface area contributed by atoms with Gasteiger partial charge in [0.25, 0.3) is 0 Å². The van der Waals surface area contributed by atoms with E-state index in [1.54, 1.807) is 0 Å². The summed E-state index contributed by atoms with van der Waals surface area (Å²) in [6, 6.07) is 108. The summed E-state index contributed by atoms with van der Waals surface area (Å²) in [5, 5.41) is 16.9. The second kappa shape index (κ2) is 33.2. The van der Waals surface area contributed by atoms with E-state index < -0.39 is 31.7 Å². The summed E-state index contributed by atoms with van der Waals surface area (Å²) < 4.78 is 0. The SMILES string of the molecule is Cc1ccc(P(c2ccc(C)cc2)c2ccc(C)cc2)cc1.Cc1ccc(P(c2ccc(C)cc2)c2ccc(C)cc2)cc1.Cc1ccc(P(c2ccc(C)cc2)c2ccc(C)cc2)cc1.Cc1ccc(P(c2ccc(C)cc2)c2ccc(C)cc2)cc1.[Ru]. The Balaban J connectivity index is 0.000000153. The first-order valence-corrected chi connectivity index (χ1v) is 35.9. The van der Waals surface area contributed by atoms with E-state index in [4.69, 9.17) is 0 Å². The van der Waals surface area contributed by atoms with Crippen molar-refractivity contribution in [1.82, 2.24) is 0 Å². The first kappa shape index (κ1) is 67.9. The summed E-state index contributed by atoms with van der Waals surface area (Å²) in [6.07, 6.45) is 0. The third-order valence-electron chi connectivity index (χ3n) is 15.5. The van der Waals surface area contributed by atoms with Crippen molar-refractivity contribution >= 4 is 95.3 Å². The maximum atomic E-state index is 2.28. The normalized spacial score (nSPS) is 10.8. The molecule has 0 aliphatic carbocycles. The number of rotatable bonds is 12. The fourth-order valence-electron chi connectivity index (χ4n) is 10.1. The first-order chi connectivity index (χ1) is 42.5. The molecule has 0 unspecified atom stereocenters. The molecule has 0 aliphatic heterocycles. The molecule has 0 nitrogen and oxygen atoms in total. The van der Waals surface area contributed by atoms with E-state index in [9.17, 15) is 0 Å². The monoisotopic (exact) mass is 1320 g/mol. The molecule has 89 heavy (non-hydrogen) atoms. The van der Waals surface area contributed by atoms with Crippen LogP contribution in [0.15, 0.2) is 291 Å². The Bertz CT molecular complexity index is 3070. The average Bonchev–Trinajstić information content (AvgIpc) is 2.73. The van der Waals surface area contributed by atoms with Gasteiger partial charge in [-0.25, -0.2) is 0 Å². The van der Waals surface area contributed by atoms with Crippen molar-refractivity contribution in [3.63, 3.8) is 0 Å². The van der Waals surface area contributed by atoms with Crippen LogP contribution in [0.5, 0.6) is 0 Å². The van der Waals surface area contributed by atoms with Gasteiger partial charge < -0.3 is 0 Å². The molecular weight excluding hydrogens is 1230 g/mol. The van der Waals surface area contributed by atoms with Crippen LogP contribution in [-0.4, -0.2) is 0 Å². The van der Waals surface area contributed by atoms with Crippen LogP contribution in [0.25, 0.3) is 0 Å². The van der Waals surface area contributed by atoms with Gasteiger partial charge in [0, 0.05) is 19.5 Å². The molecule has 0 atom stereocenters. The summed E-state index contributed by atoms with van der Waals surface area (Å²) in [7, 11) is -1.93. The molecule has 5 heteroatoms. The van der Waals surface area contributed by atoms with Crippen LogP contribution in [0.3, 0.4) is 0 Å². The van der Waals surface area contributed by atoms with Gasteiger partial charge in [0.15, 0.2) is 0 Å². The van der Waals surface area contributed by atoms with Gasteiger partial charge in [-0.05, 0) is 178 Å². The largest absolute Gasteiger partial charge is 0.0587 e. The van der Waals surface area contributed by atoms with Gasteiger partial charge >= 0.3 is 0 Å². The molecule has 0 bridgehead atoms. The minimum atomic E-state index is -0.483. The fourth-order valence-corrected chi connectivity index (χ4v) is 19.1. The molecule has 0 radical (unpaired) electrons. The van der Waals surface area contributed by atoms with Gasteiger partial charge in [0.2, 0.25) is 0 Å². The van der Waals surface area contributed by atoms with Gasteiger partial charge in [-0.3, -0.25) is 0 Å². The van der Waals surface area contributed by atoms with Crippen molar-refractivity contribution in [2.75, 3.05) is 0 Å². The molecule has 0 saturated heterocycles. The predicted molar refractivity (Wildman–Crippen MR) is 397 cm³/mol. The van der Waals surface area contributed by atoms with Gasteiger partial charge in [-0.2, -0.15) is 0 Å². The fraction of sp³-hybridized carbons (Fsp3) is 0.143. The van der Waals surface area contributed by atoms with Crippen molar-refractivity contribution in [3.05, 3.63) is 358 Å². The molecule has 0 aromatic heterocycles. The van der Waals surface area contributed by atoms with Crippen LogP contribution in [0, 0.1) is 83.1 Å². The smallest absolute Gasteiger partial charge is 0 e. The topological polar surface area (TPSA) is 0 Å². The Morgan fingerprint density at radius 2 is 0.169 bits per heavy atom. The van der Waals surface area contributed by atoms with E-state index in [2.05, 4.69) is 374 Å². The average molecular weight is 1320 g/mol.